The van der Waals surface area contributed by atoms with Gasteiger partial charge in [-0.15, -0.1) is 0 Å². The summed E-state index contributed by atoms with van der Waals surface area (Å²) in [7, 11) is -4.10. The second-order valence-electron chi connectivity index (χ2n) is 4.23. The van der Waals surface area contributed by atoms with E-state index in [1.807, 2.05) is 0 Å². The summed E-state index contributed by atoms with van der Waals surface area (Å²) < 4.78 is 40.7. The van der Waals surface area contributed by atoms with Crippen molar-refractivity contribution in [2.24, 2.45) is 0 Å². The van der Waals surface area contributed by atoms with Crippen LogP contribution in [0, 0.1) is 19.7 Å². The van der Waals surface area contributed by atoms with Crippen LogP contribution < -0.4 is 10.5 Å². The number of nitrogens with one attached hydrogen (secondary N) is 2. The number of anilines is 2. The number of aryl methyl sites for hydroxylation is 1. The van der Waals surface area contributed by atoms with E-state index in [1.165, 1.54) is 0 Å². The fourth-order valence-corrected chi connectivity index (χ4v) is 2.99. The summed E-state index contributed by atoms with van der Waals surface area (Å²) in [6.07, 6.45) is 0. The quantitative estimate of drug-likeness (QED) is 0.729. The molecule has 1 heterocycles. The molecule has 0 amide bonds. The Bertz CT molecular complexity index is 773. The third kappa shape index (κ3) is 2.63. The second kappa shape index (κ2) is 5.06. The Kier molecular flexibility index (Phi) is 3.74. The number of H-pyrrole nitrogens is 1. The number of hydrogen-bond acceptors (Lipinski definition) is 4. The Morgan fingerprint density at radius 2 is 2.05 bits per heavy atom. The van der Waals surface area contributed by atoms with Gasteiger partial charge in [0.25, 0.3) is 10.0 Å². The van der Waals surface area contributed by atoms with Crippen LogP contribution >= 0.6 is 15.9 Å². The fourth-order valence-electron chi connectivity index (χ4n) is 1.52. The molecular weight excluding hydrogens is 351 g/mol. The lowest BCUT2D eigenvalue weighted by molar-refractivity contribution is 0.570. The summed E-state index contributed by atoms with van der Waals surface area (Å²) in [5.41, 5.74) is 7.07. The van der Waals surface area contributed by atoms with Crippen LogP contribution in [0.25, 0.3) is 0 Å². The van der Waals surface area contributed by atoms with Gasteiger partial charge in [-0.1, -0.05) is 0 Å². The van der Waals surface area contributed by atoms with Crippen molar-refractivity contribution in [3.05, 3.63) is 33.7 Å². The van der Waals surface area contributed by atoms with Gasteiger partial charge >= 0.3 is 0 Å². The molecule has 2 aromatic rings. The Labute approximate surface area is 123 Å². The number of aromatic nitrogens is 2. The number of nitrogens with zero attached hydrogens (tertiary/aromatic N) is 1. The SMILES string of the molecule is Cc1[nH]nc(NS(=O)(=O)c2cc(N)c(Br)cc2F)c1C. The molecule has 2 rings (SSSR count). The number of sulfonamides is 1. The van der Waals surface area contributed by atoms with Gasteiger partial charge in [0.15, 0.2) is 5.82 Å². The minimum atomic E-state index is -4.10. The Hall–Kier alpha value is -1.61. The number of halogens is 2. The Morgan fingerprint density at radius 3 is 2.60 bits per heavy atom. The van der Waals surface area contributed by atoms with Crippen molar-refractivity contribution in [3.8, 4) is 0 Å². The molecular formula is C11H12BrFN4O2S. The predicted molar refractivity (Wildman–Crippen MR) is 77.4 cm³/mol. The molecule has 0 aliphatic carbocycles. The minimum Gasteiger partial charge on any atom is -0.398 e. The van der Waals surface area contributed by atoms with Crippen molar-refractivity contribution in [3.63, 3.8) is 0 Å². The molecule has 1 aromatic carbocycles. The summed E-state index contributed by atoms with van der Waals surface area (Å²) in [6, 6.07) is 2.06. The summed E-state index contributed by atoms with van der Waals surface area (Å²) in [5.74, 6) is -0.771. The Morgan fingerprint density at radius 1 is 1.40 bits per heavy atom. The molecule has 0 bridgehead atoms. The standard InChI is InChI=1S/C11H12BrFN4O2S/c1-5-6(2)15-16-11(5)17-20(18,19)10-4-9(14)7(12)3-8(10)13/h3-4H,14H2,1-2H3,(H2,15,16,17). The first-order valence-corrected chi connectivity index (χ1v) is 7.79. The van der Waals surface area contributed by atoms with E-state index < -0.39 is 20.7 Å². The molecule has 4 N–H and O–H groups in total. The molecule has 1 aromatic heterocycles. The second-order valence-corrected chi connectivity index (χ2v) is 6.74. The van der Waals surface area contributed by atoms with Crippen LogP contribution in [-0.4, -0.2) is 18.6 Å². The van der Waals surface area contributed by atoms with Crippen LogP contribution in [0.3, 0.4) is 0 Å². The van der Waals surface area contributed by atoms with Gasteiger partial charge in [0.1, 0.15) is 10.7 Å². The summed E-state index contributed by atoms with van der Waals surface area (Å²) in [6.45, 7) is 3.45. The van der Waals surface area contributed by atoms with Crippen molar-refractivity contribution < 1.29 is 12.8 Å². The van der Waals surface area contributed by atoms with Crippen LogP contribution in [0.5, 0.6) is 0 Å². The van der Waals surface area contributed by atoms with E-state index in [9.17, 15) is 12.8 Å². The van der Waals surface area contributed by atoms with Gasteiger partial charge in [-0.25, -0.2) is 12.8 Å². The first kappa shape index (κ1) is 14.8. The van der Waals surface area contributed by atoms with Crippen LogP contribution in [0.2, 0.25) is 0 Å². The van der Waals surface area contributed by atoms with Crippen LogP contribution in [0.15, 0.2) is 21.5 Å². The third-order valence-corrected chi connectivity index (χ3v) is 4.87. The van der Waals surface area contributed by atoms with E-state index in [1.54, 1.807) is 13.8 Å². The summed E-state index contributed by atoms with van der Waals surface area (Å²) in [4.78, 5) is -0.529. The largest absolute Gasteiger partial charge is 0.398 e. The molecule has 0 aliphatic heterocycles. The number of nitrogens with two attached hydrogens (primary N) is 1. The zero-order chi connectivity index (χ0) is 15.1. The van der Waals surface area contributed by atoms with Crippen LogP contribution in [0.1, 0.15) is 11.3 Å². The van der Waals surface area contributed by atoms with Gasteiger partial charge in [0.2, 0.25) is 0 Å². The number of nitrogen functional groups attached to an aromatic ring is 1. The fraction of sp³-hybridized carbons (Fsp3) is 0.182. The third-order valence-electron chi connectivity index (χ3n) is 2.82. The van der Waals surface area contributed by atoms with Crippen LogP contribution in [0.4, 0.5) is 15.9 Å². The smallest absolute Gasteiger partial charge is 0.266 e. The first-order valence-electron chi connectivity index (χ1n) is 5.51. The average Bonchev–Trinajstić information content (AvgIpc) is 2.65. The number of aromatic amines is 1. The molecule has 20 heavy (non-hydrogen) atoms. The normalized spacial score (nSPS) is 11.6. The van der Waals surface area contributed by atoms with Crippen molar-refractivity contribution >= 4 is 37.5 Å². The van der Waals surface area contributed by atoms with Crippen molar-refractivity contribution in [2.45, 2.75) is 18.7 Å². The maximum absolute atomic E-state index is 13.8. The highest BCUT2D eigenvalue weighted by Crippen LogP contribution is 2.27. The molecule has 9 heteroatoms. The van der Waals surface area contributed by atoms with E-state index in [-0.39, 0.29) is 11.5 Å². The number of hydrogen-bond donors (Lipinski definition) is 3. The van der Waals surface area contributed by atoms with E-state index in [2.05, 4.69) is 30.8 Å². The molecule has 0 radical (unpaired) electrons. The molecule has 6 nitrogen and oxygen atoms in total. The predicted octanol–water partition coefficient (Wildman–Crippen LogP) is 2.31. The highest BCUT2D eigenvalue weighted by Gasteiger charge is 2.22. The maximum Gasteiger partial charge on any atom is 0.266 e. The molecule has 0 unspecified atom stereocenters. The highest BCUT2D eigenvalue weighted by atomic mass is 79.9. The molecule has 0 spiro atoms. The lowest BCUT2D eigenvalue weighted by Gasteiger charge is -2.09. The molecule has 108 valence electrons. The molecule has 0 saturated heterocycles. The van der Waals surface area contributed by atoms with Gasteiger partial charge in [-0.2, -0.15) is 5.10 Å². The van der Waals surface area contributed by atoms with Gasteiger partial charge in [0.05, 0.1) is 0 Å². The van der Waals surface area contributed by atoms with Gasteiger partial charge < -0.3 is 5.73 Å². The average molecular weight is 363 g/mol. The lowest BCUT2D eigenvalue weighted by Crippen LogP contribution is -2.16. The summed E-state index contributed by atoms with van der Waals surface area (Å²) in [5, 5.41) is 6.46. The summed E-state index contributed by atoms with van der Waals surface area (Å²) >= 11 is 3.03. The van der Waals surface area contributed by atoms with Gasteiger partial charge in [-0.05, 0) is 41.9 Å². The lowest BCUT2D eigenvalue weighted by atomic mass is 10.3. The molecule has 0 atom stereocenters. The van der Waals surface area contributed by atoms with E-state index in [0.717, 1.165) is 17.8 Å². The zero-order valence-electron chi connectivity index (χ0n) is 10.7. The minimum absolute atomic E-state index is 0.127. The zero-order valence-corrected chi connectivity index (χ0v) is 13.1. The monoisotopic (exact) mass is 362 g/mol. The molecule has 0 fully saturated rings. The van der Waals surface area contributed by atoms with Gasteiger partial charge in [-0.3, -0.25) is 9.82 Å². The van der Waals surface area contributed by atoms with Crippen molar-refractivity contribution in [1.82, 2.24) is 10.2 Å². The van der Waals surface area contributed by atoms with Crippen LogP contribution in [-0.2, 0) is 10.0 Å². The molecule has 0 aliphatic rings. The topological polar surface area (TPSA) is 101 Å². The Balaban J connectivity index is 2.46. The number of benzene rings is 1. The van der Waals surface area contributed by atoms with Crippen molar-refractivity contribution in [1.29, 1.82) is 0 Å². The van der Waals surface area contributed by atoms with Gasteiger partial charge in [0, 0.05) is 21.4 Å². The first-order chi connectivity index (χ1) is 9.22. The van der Waals surface area contributed by atoms with E-state index in [0.29, 0.717) is 10.0 Å². The van der Waals surface area contributed by atoms with Crippen molar-refractivity contribution in [2.75, 3.05) is 10.5 Å². The van der Waals surface area contributed by atoms with E-state index >= 15 is 0 Å². The highest BCUT2D eigenvalue weighted by molar-refractivity contribution is 9.10. The van der Waals surface area contributed by atoms with E-state index in [4.69, 9.17) is 5.73 Å². The maximum atomic E-state index is 13.8. The molecule has 0 saturated carbocycles. The number of rotatable bonds is 3.